The Balaban J connectivity index is 2.15. The van der Waals surface area contributed by atoms with E-state index in [2.05, 4.69) is 4.99 Å². The number of nitro benzene ring substituents is 1. The number of benzene rings is 2. The van der Waals surface area contributed by atoms with Crippen molar-refractivity contribution in [3.63, 3.8) is 0 Å². The van der Waals surface area contributed by atoms with Crippen LogP contribution >= 0.6 is 11.8 Å². The van der Waals surface area contributed by atoms with Crippen molar-refractivity contribution in [2.45, 2.75) is 12.7 Å². The fraction of sp³-hybridized carbons (Fsp3) is 0.222. The number of carbonyl (C=O) groups excluding carboxylic acids is 1. The molecule has 0 N–H and O–H groups in total. The molecule has 0 aliphatic rings. The summed E-state index contributed by atoms with van der Waals surface area (Å²) < 4.78 is 0. The molecule has 0 saturated carbocycles. The number of thioether (sulfide) groups is 1. The number of hydrogen-bond donors (Lipinski definition) is 0. The summed E-state index contributed by atoms with van der Waals surface area (Å²) in [5, 5.41) is 11.3. The molecule has 2 aromatic carbocycles. The zero-order chi connectivity index (χ0) is 18.4. The number of amides is 1. The quantitative estimate of drug-likeness (QED) is 0.351. The highest BCUT2D eigenvalue weighted by Gasteiger charge is 2.09. The van der Waals surface area contributed by atoms with E-state index in [-0.39, 0.29) is 11.6 Å². The summed E-state index contributed by atoms with van der Waals surface area (Å²) in [5.74, 6) is 0.308. The Morgan fingerprint density at radius 3 is 2.20 bits per heavy atom. The number of hydrogen-bond acceptors (Lipinski definition) is 5. The minimum absolute atomic E-state index is 0.0608. The van der Waals surface area contributed by atoms with Gasteiger partial charge in [0.2, 0.25) is 5.91 Å². The van der Waals surface area contributed by atoms with E-state index in [1.165, 1.54) is 30.8 Å². The molecule has 0 radical (unpaired) electrons. The summed E-state index contributed by atoms with van der Waals surface area (Å²) in [6.07, 6.45) is 0. The Morgan fingerprint density at radius 2 is 1.72 bits per heavy atom. The summed E-state index contributed by atoms with van der Waals surface area (Å²) in [7, 11) is 3.92. The summed E-state index contributed by atoms with van der Waals surface area (Å²) in [6, 6.07) is 14.2. The van der Waals surface area contributed by atoms with Crippen molar-refractivity contribution in [3.8, 4) is 0 Å². The lowest BCUT2D eigenvalue weighted by Crippen LogP contribution is -2.08. The van der Waals surface area contributed by atoms with Crippen LogP contribution in [0.25, 0.3) is 0 Å². The smallest absolute Gasteiger partial charge is 0.269 e. The van der Waals surface area contributed by atoms with E-state index >= 15 is 0 Å². The second-order valence-electron chi connectivity index (χ2n) is 5.59. The SMILES string of the molecule is CC(=O)N=C(SCc1ccc([N+](=O)[O-])cc1)c1ccc(N(C)C)cc1. The van der Waals surface area contributed by atoms with Crippen LogP contribution in [0.2, 0.25) is 0 Å². The molecule has 0 fully saturated rings. The van der Waals surface area contributed by atoms with Crippen LogP contribution in [0, 0.1) is 10.1 Å². The van der Waals surface area contributed by atoms with Gasteiger partial charge in [-0.2, -0.15) is 0 Å². The van der Waals surface area contributed by atoms with Crippen LogP contribution in [0.4, 0.5) is 11.4 Å². The summed E-state index contributed by atoms with van der Waals surface area (Å²) >= 11 is 1.43. The minimum atomic E-state index is -0.425. The minimum Gasteiger partial charge on any atom is -0.378 e. The average molecular weight is 357 g/mol. The zero-order valence-corrected chi connectivity index (χ0v) is 15.1. The first kappa shape index (κ1) is 18.7. The maximum Gasteiger partial charge on any atom is 0.269 e. The first-order valence-corrected chi connectivity index (χ1v) is 8.58. The lowest BCUT2D eigenvalue weighted by molar-refractivity contribution is -0.384. The lowest BCUT2D eigenvalue weighted by atomic mass is 10.2. The molecular formula is C18H19N3O3S. The van der Waals surface area contributed by atoms with Gasteiger partial charge < -0.3 is 4.90 Å². The number of aliphatic imine (C=N–C) groups is 1. The van der Waals surface area contributed by atoms with Crippen molar-refractivity contribution >= 4 is 34.1 Å². The van der Waals surface area contributed by atoms with Gasteiger partial charge in [-0.3, -0.25) is 14.9 Å². The molecule has 0 bridgehead atoms. The maximum absolute atomic E-state index is 11.4. The van der Waals surface area contributed by atoms with Crippen LogP contribution in [0.3, 0.4) is 0 Å². The molecule has 7 heteroatoms. The Labute approximate surface area is 150 Å². The second-order valence-corrected chi connectivity index (χ2v) is 6.55. The summed E-state index contributed by atoms with van der Waals surface area (Å²) in [5.41, 5.74) is 2.92. The van der Waals surface area contributed by atoms with Crippen molar-refractivity contribution in [1.82, 2.24) is 0 Å². The van der Waals surface area contributed by atoms with Gasteiger partial charge in [-0.05, 0) is 17.7 Å². The highest BCUT2D eigenvalue weighted by atomic mass is 32.2. The van der Waals surface area contributed by atoms with Gasteiger partial charge in [-0.1, -0.05) is 24.3 Å². The van der Waals surface area contributed by atoms with Crippen molar-refractivity contribution in [3.05, 3.63) is 69.8 Å². The highest BCUT2D eigenvalue weighted by Crippen LogP contribution is 2.23. The molecule has 0 spiro atoms. The van der Waals surface area contributed by atoms with Gasteiger partial charge in [0.15, 0.2) is 0 Å². The predicted molar refractivity (Wildman–Crippen MR) is 102 cm³/mol. The van der Waals surface area contributed by atoms with E-state index in [0.29, 0.717) is 10.8 Å². The Kier molecular flexibility index (Phi) is 6.30. The molecule has 0 saturated heterocycles. The van der Waals surface area contributed by atoms with E-state index in [0.717, 1.165) is 16.8 Å². The molecule has 0 aliphatic heterocycles. The Hall–Kier alpha value is -2.67. The molecule has 0 aliphatic carbocycles. The van der Waals surface area contributed by atoms with Gasteiger partial charge in [0, 0.05) is 50.2 Å². The number of carbonyl (C=O) groups is 1. The number of non-ortho nitro benzene ring substituents is 1. The van der Waals surface area contributed by atoms with Crippen LogP contribution in [0.5, 0.6) is 0 Å². The third kappa shape index (κ3) is 5.42. The van der Waals surface area contributed by atoms with Crippen molar-refractivity contribution < 1.29 is 9.72 Å². The standard InChI is InChI=1S/C18H19N3O3S/c1-13(22)19-18(15-6-10-16(11-7-15)20(2)3)25-12-14-4-8-17(9-5-14)21(23)24/h4-11H,12H2,1-3H3. The first-order chi connectivity index (χ1) is 11.9. The van der Waals surface area contributed by atoms with Crippen molar-refractivity contribution in [1.29, 1.82) is 0 Å². The van der Waals surface area contributed by atoms with Crippen LogP contribution < -0.4 is 4.90 Å². The molecule has 0 aromatic heterocycles. The molecule has 130 valence electrons. The monoisotopic (exact) mass is 357 g/mol. The highest BCUT2D eigenvalue weighted by molar-refractivity contribution is 8.13. The van der Waals surface area contributed by atoms with E-state index in [1.54, 1.807) is 12.1 Å². The van der Waals surface area contributed by atoms with Gasteiger partial charge in [-0.15, -0.1) is 11.8 Å². The van der Waals surface area contributed by atoms with E-state index in [4.69, 9.17) is 0 Å². The van der Waals surface area contributed by atoms with Gasteiger partial charge in [-0.25, -0.2) is 4.99 Å². The number of nitro groups is 1. The van der Waals surface area contributed by atoms with E-state index in [9.17, 15) is 14.9 Å². The maximum atomic E-state index is 11.4. The van der Waals surface area contributed by atoms with Crippen molar-refractivity contribution in [2.24, 2.45) is 4.99 Å². The predicted octanol–water partition coefficient (Wildman–Crippen LogP) is 3.89. The fourth-order valence-electron chi connectivity index (χ4n) is 2.09. The van der Waals surface area contributed by atoms with Crippen molar-refractivity contribution in [2.75, 3.05) is 19.0 Å². The molecule has 0 unspecified atom stereocenters. The number of anilines is 1. The second kappa shape index (κ2) is 8.43. The largest absolute Gasteiger partial charge is 0.378 e. The third-order valence-electron chi connectivity index (χ3n) is 3.41. The topological polar surface area (TPSA) is 75.8 Å². The molecule has 2 aromatic rings. The number of rotatable bonds is 5. The van der Waals surface area contributed by atoms with Gasteiger partial charge in [0.25, 0.3) is 5.69 Å². The molecular weight excluding hydrogens is 338 g/mol. The van der Waals surface area contributed by atoms with Crippen LogP contribution in [0.1, 0.15) is 18.1 Å². The Bertz CT molecular complexity index is 784. The Morgan fingerprint density at radius 1 is 1.12 bits per heavy atom. The van der Waals surface area contributed by atoms with Crippen LogP contribution in [-0.2, 0) is 10.5 Å². The third-order valence-corrected chi connectivity index (χ3v) is 4.49. The van der Waals surface area contributed by atoms with Crippen LogP contribution in [-0.4, -0.2) is 30.0 Å². The van der Waals surface area contributed by atoms with Gasteiger partial charge in [0.1, 0.15) is 5.04 Å². The molecule has 6 nitrogen and oxygen atoms in total. The van der Waals surface area contributed by atoms with Gasteiger partial charge >= 0.3 is 0 Å². The number of nitrogens with zero attached hydrogens (tertiary/aromatic N) is 3. The zero-order valence-electron chi connectivity index (χ0n) is 14.3. The molecule has 2 rings (SSSR count). The molecule has 25 heavy (non-hydrogen) atoms. The summed E-state index contributed by atoms with van der Waals surface area (Å²) in [4.78, 5) is 27.8. The molecule has 1 amide bonds. The average Bonchev–Trinajstić information content (AvgIpc) is 2.58. The van der Waals surface area contributed by atoms with E-state index < -0.39 is 4.92 Å². The first-order valence-electron chi connectivity index (χ1n) is 7.60. The lowest BCUT2D eigenvalue weighted by Gasteiger charge is -2.13. The molecule has 0 atom stereocenters. The van der Waals surface area contributed by atoms with E-state index in [1.807, 2.05) is 43.3 Å². The normalized spacial score (nSPS) is 11.2. The molecule has 0 heterocycles. The van der Waals surface area contributed by atoms with Gasteiger partial charge in [0.05, 0.1) is 4.92 Å². The fourth-order valence-corrected chi connectivity index (χ4v) is 3.08. The van der Waals surface area contributed by atoms with Crippen LogP contribution in [0.15, 0.2) is 53.5 Å². The summed E-state index contributed by atoms with van der Waals surface area (Å²) in [6.45, 7) is 1.42.